The predicted octanol–water partition coefficient (Wildman–Crippen LogP) is 1.34. The molecule has 21 heavy (non-hydrogen) atoms. The molecule has 0 fully saturated rings. The van der Waals surface area contributed by atoms with Crippen LogP contribution in [-0.2, 0) is 0 Å². The molecule has 3 aromatic rings. The summed E-state index contributed by atoms with van der Waals surface area (Å²) >= 11 is 0. The third-order valence-electron chi connectivity index (χ3n) is 2.67. The number of nitrogens with one attached hydrogen (secondary N) is 2. The third kappa shape index (κ3) is 2.42. The van der Waals surface area contributed by atoms with Gasteiger partial charge in [0.05, 0.1) is 11.1 Å². The Balaban J connectivity index is 1.97. The van der Waals surface area contributed by atoms with E-state index in [2.05, 4.69) is 25.6 Å². The van der Waals surface area contributed by atoms with E-state index in [1.165, 1.54) is 30.5 Å². The highest BCUT2D eigenvalue weighted by Gasteiger charge is 2.12. The first-order chi connectivity index (χ1) is 10.2. The molecule has 0 saturated carbocycles. The molecule has 0 amide bonds. The molecular weight excluding hydrogens is 278 g/mol. The lowest BCUT2D eigenvalue weighted by Crippen LogP contribution is -2.10. The van der Waals surface area contributed by atoms with Gasteiger partial charge in [-0.2, -0.15) is 15.1 Å². The van der Waals surface area contributed by atoms with Gasteiger partial charge in [-0.3, -0.25) is 20.6 Å². The van der Waals surface area contributed by atoms with Crippen LogP contribution < -0.4 is 16.0 Å². The molecule has 0 saturated heterocycles. The summed E-state index contributed by atoms with van der Waals surface area (Å²) in [6.07, 6.45) is 1.51. The van der Waals surface area contributed by atoms with Gasteiger partial charge in [-0.1, -0.05) is 0 Å². The molecule has 0 aliphatic rings. The van der Waals surface area contributed by atoms with Crippen molar-refractivity contribution in [3.63, 3.8) is 0 Å². The molecule has 0 unspecified atom stereocenters. The molecule has 2 heterocycles. The van der Waals surface area contributed by atoms with Gasteiger partial charge in [0.1, 0.15) is 11.1 Å². The van der Waals surface area contributed by atoms with Crippen LogP contribution in [0.15, 0.2) is 30.5 Å². The second-order valence-corrected chi connectivity index (χ2v) is 3.98. The number of hydrazine groups is 1. The Labute approximate surface area is 117 Å². The summed E-state index contributed by atoms with van der Waals surface area (Å²) in [6, 6.07) is 5.62. The van der Waals surface area contributed by atoms with Crippen LogP contribution in [0, 0.1) is 10.1 Å². The van der Waals surface area contributed by atoms with E-state index in [0.29, 0.717) is 16.8 Å². The first kappa shape index (κ1) is 12.7. The number of rotatable bonds is 4. The quantitative estimate of drug-likeness (QED) is 0.370. The summed E-state index contributed by atoms with van der Waals surface area (Å²) < 4.78 is 5.60. The zero-order valence-corrected chi connectivity index (χ0v) is 10.5. The van der Waals surface area contributed by atoms with Crippen LogP contribution in [0.4, 0.5) is 11.6 Å². The molecule has 0 spiro atoms. The number of benzene rings is 1. The van der Waals surface area contributed by atoms with Crippen LogP contribution in [0.1, 0.15) is 0 Å². The maximum Gasteiger partial charge on any atom is 0.269 e. The molecule has 0 aliphatic heterocycles. The van der Waals surface area contributed by atoms with Gasteiger partial charge >= 0.3 is 0 Å². The summed E-state index contributed by atoms with van der Waals surface area (Å²) in [4.78, 5) is 18.3. The highest BCUT2D eigenvalue weighted by atomic mass is 16.6. The number of ether oxygens (including phenoxy) is 1. The number of aromatic amines is 1. The molecule has 106 valence electrons. The fraction of sp³-hybridized carbons (Fsp3) is 0. The molecule has 0 aliphatic carbocycles. The lowest BCUT2D eigenvalue weighted by atomic mass is 10.3. The standard InChI is InChI=1S/C11H9N7O3/c12-16-11-14-9-8(5-13-17-9)10(15-11)21-7-3-1-6(2-4-7)18(19)20/h1-5H,12H2,(H2,13,14,15,16,17). The summed E-state index contributed by atoms with van der Waals surface area (Å²) in [7, 11) is 0. The number of fused-ring (bicyclic) bond motifs is 1. The van der Waals surface area contributed by atoms with Gasteiger partial charge in [0.2, 0.25) is 11.8 Å². The minimum atomic E-state index is -0.487. The van der Waals surface area contributed by atoms with Crippen molar-refractivity contribution in [3.05, 3.63) is 40.6 Å². The van der Waals surface area contributed by atoms with E-state index in [-0.39, 0.29) is 17.5 Å². The van der Waals surface area contributed by atoms with Crippen molar-refractivity contribution in [1.82, 2.24) is 20.2 Å². The normalized spacial score (nSPS) is 10.5. The number of non-ortho nitro benzene ring substituents is 1. The van der Waals surface area contributed by atoms with Crippen LogP contribution in [0.2, 0.25) is 0 Å². The van der Waals surface area contributed by atoms with Crippen molar-refractivity contribution < 1.29 is 9.66 Å². The third-order valence-corrected chi connectivity index (χ3v) is 2.67. The van der Waals surface area contributed by atoms with Gasteiger partial charge in [-0.15, -0.1) is 0 Å². The molecule has 0 atom stereocenters. The van der Waals surface area contributed by atoms with Crippen LogP contribution in [0.5, 0.6) is 11.6 Å². The Bertz CT molecular complexity index is 799. The van der Waals surface area contributed by atoms with Gasteiger partial charge in [0.25, 0.3) is 5.69 Å². The van der Waals surface area contributed by atoms with E-state index < -0.39 is 4.92 Å². The van der Waals surface area contributed by atoms with Gasteiger partial charge in [-0.05, 0) is 12.1 Å². The highest BCUT2D eigenvalue weighted by Crippen LogP contribution is 2.28. The maximum atomic E-state index is 10.6. The second kappa shape index (κ2) is 5.02. The monoisotopic (exact) mass is 287 g/mol. The summed E-state index contributed by atoms with van der Waals surface area (Å²) in [5.74, 6) is 6.07. The molecule has 0 bridgehead atoms. The molecule has 1 aromatic carbocycles. The molecule has 3 rings (SSSR count). The average molecular weight is 287 g/mol. The van der Waals surface area contributed by atoms with Crippen molar-refractivity contribution in [2.24, 2.45) is 5.84 Å². The number of nitrogens with zero attached hydrogens (tertiary/aromatic N) is 4. The van der Waals surface area contributed by atoms with E-state index in [4.69, 9.17) is 10.6 Å². The van der Waals surface area contributed by atoms with E-state index in [1.807, 2.05) is 0 Å². The summed E-state index contributed by atoms with van der Waals surface area (Å²) in [5.41, 5.74) is 2.75. The number of nitro benzene ring substituents is 1. The van der Waals surface area contributed by atoms with Crippen molar-refractivity contribution in [1.29, 1.82) is 0 Å². The first-order valence-corrected chi connectivity index (χ1v) is 5.77. The topological polar surface area (TPSA) is 145 Å². The zero-order valence-electron chi connectivity index (χ0n) is 10.5. The Kier molecular flexibility index (Phi) is 3.04. The van der Waals surface area contributed by atoms with E-state index >= 15 is 0 Å². The molecule has 2 aromatic heterocycles. The number of nitrogens with two attached hydrogens (primary N) is 1. The number of nitro groups is 1. The molecular formula is C11H9N7O3. The average Bonchev–Trinajstić information content (AvgIpc) is 2.96. The Morgan fingerprint density at radius 1 is 1.29 bits per heavy atom. The highest BCUT2D eigenvalue weighted by molar-refractivity contribution is 5.80. The minimum Gasteiger partial charge on any atom is -0.438 e. The molecule has 10 heteroatoms. The number of nitrogen functional groups attached to an aromatic ring is 1. The van der Waals surface area contributed by atoms with E-state index in [9.17, 15) is 10.1 Å². The van der Waals surface area contributed by atoms with Gasteiger partial charge < -0.3 is 4.74 Å². The van der Waals surface area contributed by atoms with Gasteiger partial charge in [-0.25, -0.2) is 5.84 Å². The van der Waals surface area contributed by atoms with E-state index in [1.54, 1.807) is 0 Å². The van der Waals surface area contributed by atoms with Crippen molar-refractivity contribution in [3.8, 4) is 11.6 Å². The van der Waals surface area contributed by atoms with Gasteiger partial charge in [0.15, 0.2) is 5.65 Å². The largest absolute Gasteiger partial charge is 0.438 e. The van der Waals surface area contributed by atoms with Gasteiger partial charge in [0, 0.05) is 12.1 Å². The Hall–Kier alpha value is -3.27. The Morgan fingerprint density at radius 3 is 2.71 bits per heavy atom. The lowest BCUT2D eigenvalue weighted by Gasteiger charge is -2.06. The molecule has 10 nitrogen and oxygen atoms in total. The SMILES string of the molecule is NNc1nc(Oc2ccc([N+](=O)[O-])cc2)c2cn[nH]c2n1. The number of anilines is 1. The maximum absolute atomic E-state index is 10.6. The smallest absolute Gasteiger partial charge is 0.269 e. The number of hydrogen-bond donors (Lipinski definition) is 3. The van der Waals surface area contributed by atoms with E-state index in [0.717, 1.165) is 0 Å². The number of hydrogen-bond acceptors (Lipinski definition) is 8. The fourth-order valence-electron chi connectivity index (χ4n) is 1.70. The lowest BCUT2D eigenvalue weighted by molar-refractivity contribution is -0.384. The van der Waals surface area contributed by atoms with Crippen molar-refractivity contribution >= 4 is 22.7 Å². The zero-order chi connectivity index (χ0) is 14.8. The van der Waals surface area contributed by atoms with Crippen LogP contribution in [0.3, 0.4) is 0 Å². The summed E-state index contributed by atoms with van der Waals surface area (Å²) in [6.45, 7) is 0. The molecule has 4 N–H and O–H groups in total. The predicted molar refractivity (Wildman–Crippen MR) is 72.7 cm³/mol. The minimum absolute atomic E-state index is 0.0252. The van der Waals surface area contributed by atoms with Crippen LogP contribution in [-0.4, -0.2) is 25.1 Å². The Morgan fingerprint density at radius 2 is 2.05 bits per heavy atom. The number of aromatic nitrogens is 4. The summed E-state index contributed by atoms with van der Waals surface area (Å²) in [5, 5.41) is 17.7. The second-order valence-electron chi connectivity index (χ2n) is 3.98. The van der Waals surface area contributed by atoms with Crippen LogP contribution in [0.25, 0.3) is 11.0 Å². The van der Waals surface area contributed by atoms with Crippen molar-refractivity contribution in [2.75, 3.05) is 5.43 Å². The fourth-order valence-corrected chi connectivity index (χ4v) is 1.70. The first-order valence-electron chi connectivity index (χ1n) is 5.77. The molecule has 0 radical (unpaired) electrons. The van der Waals surface area contributed by atoms with Crippen molar-refractivity contribution in [2.45, 2.75) is 0 Å². The number of H-pyrrole nitrogens is 1. The van der Waals surface area contributed by atoms with Crippen LogP contribution >= 0.6 is 0 Å².